The fourth-order valence-corrected chi connectivity index (χ4v) is 2.68. The van der Waals surface area contributed by atoms with Crippen LogP contribution >= 0.6 is 11.5 Å². The molecule has 1 saturated carbocycles. The molecule has 2 rings (SSSR count). The second-order valence-corrected chi connectivity index (χ2v) is 5.55. The third-order valence-corrected chi connectivity index (χ3v) is 3.75. The second kappa shape index (κ2) is 4.13. The smallest absolute Gasteiger partial charge is 0.197 e. The zero-order valence-corrected chi connectivity index (χ0v) is 10.9. The normalized spacial score (nSPS) is 16.2. The van der Waals surface area contributed by atoms with Crippen LogP contribution in [0.3, 0.4) is 0 Å². The molecule has 0 aliphatic heterocycles. The summed E-state index contributed by atoms with van der Waals surface area (Å²) in [5.41, 5.74) is 5.87. The van der Waals surface area contributed by atoms with E-state index in [2.05, 4.69) is 23.5 Å². The standard InChI is InChI=1S/C11H19N3OS/c1-4-15-8-9(12)14-16-10(8)13-11(2,3)7-5-6-7/h7,13H,4-6H2,1-3H3,(H2,12,14). The van der Waals surface area contributed by atoms with E-state index in [4.69, 9.17) is 10.5 Å². The highest BCUT2D eigenvalue weighted by atomic mass is 32.1. The molecule has 1 aromatic rings. The highest BCUT2D eigenvalue weighted by Crippen LogP contribution is 2.44. The third-order valence-electron chi connectivity index (χ3n) is 3.00. The van der Waals surface area contributed by atoms with Crippen molar-refractivity contribution in [2.75, 3.05) is 17.7 Å². The maximum absolute atomic E-state index is 5.77. The lowest BCUT2D eigenvalue weighted by atomic mass is 9.99. The van der Waals surface area contributed by atoms with Gasteiger partial charge in [0, 0.05) is 5.54 Å². The number of nitrogens with zero attached hydrogens (tertiary/aromatic N) is 1. The van der Waals surface area contributed by atoms with Gasteiger partial charge in [-0.3, -0.25) is 0 Å². The molecule has 1 aliphatic rings. The van der Waals surface area contributed by atoms with Crippen LogP contribution < -0.4 is 15.8 Å². The first-order chi connectivity index (χ1) is 7.54. The van der Waals surface area contributed by atoms with Gasteiger partial charge in [-0.2, -0.15) is 4.37 Å². The summed E-state index contributed by atoms with van der Waals surface area (Å²) in [7, 11) is 0. The van der Waals surface area contributed by atoms with Gasteiger partial charge >= 0.3 is 0 Å². The van der Waals surface area contributed by atoms with Crippen LogP contribution in [0.5, 0.6) is 5.75 Å². The van der Waals surface area contributed by atoms with E-state index in [0.29, 0.717) is 18.2 Å². The lowest BCUT2D eigenvalue weighted by molar-refractivity contribution is 0.343. The number of hydrogen-bond donors (Lipinski definition) is 2. The van der Waals surface area contributed by atoms with E-state index in [1.165, 1.54) is 24.4 Å². The lowest BCUT2D eigenvalue weighted by Gasteiger charge is -2.26. The van der Waals surface area contributed by atoms with Crippen LogP contribution in [0.2, 0.25) is 0 Å². The van der Waals surface area contributed by atoms with Gasteiger partial charge in [0.25, 0.3) is 0 Å². The molecule has 0 saturated heterocycles. The van der Waals surface area contributed by atoms with Crippen LogP contribution in [0.25, 0.3) is 0 Å². The summed E-state index contributed by atoms with van der Waals surface area (Å²) in [6.07, 6.45) is 2.61. The fraction of sp³-hybridized carbons (Fsp3) is 0.727. The highest BCUT2D eigenvalue weighted by Gasteiger charge is 2.38. The van der Waals surface area contributed by atoms with E-state index in [9.17, 15) is 0 Å². The summed E-state index contributed by atoms with van der Waals surface area (Å²) in [6.45, 7) is 7.00. The first kappa shape index (κ1) is 11.5. The Labute approximate surface area is 100 Å². The summed E-state index contributed by atoms with van der Waals surface area (Å²) in [4.78, 5) is 0. The number of nitrogens with two attached hydrogens (primary N) is 1. The van der Waals surface area contributed by atoms with Crippen LogP contribution in [-0.2, 0) is 0 Å². The van der Waals surface area contributed by atoms with Gasteiger partial charge in [-0.1, -0.05) is 0 Å². The topological polar surface area (TPSA) is 60.2 Å². The first-order valence-corrected chi connectivity index (χ1v) is 6.48. The van der Waals surface area contributed by atoms with Crippen molar-refractivity contribution in [3.05, 3.63) is 0 Å². The Morgan fingerprint density at radius 3 is 2.81 bits per heavy atom. The molecule has 0 bridgehead atoms. The monoisotopic (exact) mass is 241 g/mol. The Hall–Kier alpha value is -0.970. The van der Waals surface area contributed by atoms with Gasteiger partial charge in [0.1, 0.15) is 0 Å². The summed E-state index contributed by atoms with van der Waals surface area (Å²) in [5, 5.41) is 4.46. The summed E-state index contributed by atoms with van der Waals surface area (Å²) < 4.78 is 9.65. The van der Waals surface area contributed by atoms with E-state index >= 15 is 0 Å². The molecule has 1 aliphatic carbocycles. The maximum Gasteiger partial charge on any atom is 0.197 e. The Morgan fingerprint density at radius 1 is 1.56 bits per heavy atom. The van der Waals surface area contributed by atoms with Crippen molar-refractivity contribution < 1.29 is 4.74 Å². The van der Waals surface area contributed by atoms with Gasteiger partial charge in [-0.25, -0.2) is 0 Å². The summed E-state index contributed by atoms with van der Waals surface area (Å²) in [6, 6.07) is 0. The van der Waals surface area contributed by atoms with E-state index in [1.54, 1.807) is 0 Å². The molecule has 1 heterocycles. The molecule has 1 aromatic heterocycles. The van der Waals surface area contributed by atoms with Crippen molar-refractivity contribution >= 4 is 22.4 Å². The zero-order chi connectivity index (χ0) is 11.8. The minimum atomic E-state index is 0.102. The molecule has 0 unspecified atom stereocenters. The maximum atomic E-state index is 5.77. The summed E-state index contributed by atoms with van der Waals surface area (Å²) in [5.74, 6) is 1.95. The van der Waals surface area contributed by atoms with Crippen LogP contribution in [-0.4, -0.2) is 16.5 Å². The average molecular weight is 241 g/mol. The van der Waals surface area contributed by atoms with Crippen LogP contribution in [0.4, 0.5) is 10.8 Å². The largest absolute Gasteiger partial charge is 0.487 e. The molecule has 5 heteroatoms. The van der Waals surface area contributed by atoms with Crippen molar-refractivity contribution in [1.82, 2.24) is 4.37 Å². The third kappa shape index (κ3) is 2.24. The predicted molar refractivity (Wildman–Crippen MR) is 68.1 cm³/mol. The molecular weight excluding hydrogens is 222 g/mol. The SMILES string of the molecule is CCOc1c(N)nsc1NC(C)(C)C1CC1. The molecule has 90 valence electrons. The molecule has 4 nitrogen and oxygen atoms in total. The zero-order valence-electron chi connectivity index (χ0n) is 10.0. The van der Waals surface area contributed by atoms with E-state index < -0.39 is 0 Å². The molecule has 0 atom stereocenters. The molecule has 1 fully saturated rings. The van der Waals surface area contributed by atoms with E-state index in [0.717, 1.165) is 10.9 Å². The van der Waals surface area contributed by atoms with Crippen molar-refractivity contribution in [3.8, 4) is 5.75 Å². The fourth-order valence-electron chi connectivity index (χ4n) is 1.86. The molecule has 16 heavy (non-hydrogen) atoms. The Bertz CT molecular complexity index is 371. The second-order valence-electron chi connectivity index (χ2n) is 4.78. The minimum Gasteiger partial charge on any atom is -0.487 e. The van der Waals surface area contributed by atoms with Crippen LogP contribution in [0, 0.1) is 5.92 Å². The number of rotatable bonds is 5. The van der Waals surface area contributed by atoms with Gasteiger partial charge in [-0.15, -0.1) is 0 Å². The number of nitrogens with one attached hydrogen (secondary N) is 1. The molecule has 3 N–H and O–H groups in total. The van der Waals surface area contributed by atoms with Crippen molar-refractivity contribution in [3.63, 3.8) is 0 Å². The average Bonchev–Trinajstić information content (AvgIpc) is 3.00. The van der Waals surface area contributed by atoms with Crippen molar-refractivity contribution in [2.24, 2.45) is 5.92 Å². The Kier molecular flexibility index (Phi) is 2.97. The van der Waals surface area contributed by atoms with Crippen molar-refractivity contribution in [2.45, 2.75) is 39.2 Å². The Balaban J connectivity index is 2.13. The van der Waals surface area contributed by atoms with E-state index in [1.807, 2.05) is 6.92 Å². The molecule has 0 spiro atoms. The van der Waals surface area contributed by atoms with Gasteiger partial charge in [0.2, 0.25) is 0 Å². The Morgan fingerprint density at radius 2 is 2.25 bits per heavy atom. The molecule has 0 amide bonds. The van der Waals surface area contributed by atoms with E-state index in [-0.39, 0.29) is 5.54 Å². The van der Waals surface area contributed by atoms with Crippen LogP contribution in [0.15, 0.2) is 0 Å². The number of aromatic nitrogens is 1. The highest BCUT2D eigenvalue weighted by molar-refractivity contribution is 7.11. The molecule has 0 aromatic carbocycles. The summed E-state index contributed by atoms with van der Waals surface area (Å²) >= 11 is 1.38. The van der Waals surface area contributed by atoms with Gasteiger partial charge in [-0.05, 0) is 51.1 Å². The number of ether oxygens (including phenoxy) is 1. The molecular formula is C11H19N3OS. The minimum absolute atomic E-state index is 0.102. The first-order valence-electron chi connectivity index (χ1n) is 5.70. The quantitative estimate of drug-likeness (QED) is 0.832. The predicted octanol–water partition coefficient (Wildman–Crippen LogP) is 2.72. The number of hydrogen-bond acceptors (Lipinski definition) is 5. The van der Waals surface area contributed by atoms with Crippen LogP contribution in [0.1, 0.15) is 33.6 Å². The van der Waals surface area contributed by atoms with Gasteiger partial charge in [0.05, 0.1) is 6.61 Å². The molecule has 0 radical (unpaired) electrons. The van der Waals surface area contributed by atoms with Gasteiger partial charge in [0.15, 0.2) is 16.6 Å². The number of nitrogen functional groups attached to an aromatic ring is 1. The van der Waals surface area contributed by atoms with Crippen molar-refractivity contribution in [1.29, 1.82) is 0 Å². The van der Waals surface area contributed by atoms with Gasteiger partial charge < -0.3 is 15.8 Å². The number of anilines is 2. The lowest BCUT2D eigenvalue weighted by Crippen LogP contribution is -2.33.